The minimum atomic E-state index is -0.384. The summed E-state index contributed by atoms with van der Waals surface area (Å²) in [7, 11) is 3.20. The average Bonchev–Trinajstić information content (AvgIpc) is 3.19. The van der Waals surface area contributed by atoms with Crippen molar-refractivity contribution < 1.29 is 19.1 Å². The third-order valence-electron chi connectivity index (χ3n) is 5.03. The van der Waals surface area contributed by atoms with Crippen molar-refractivity contribution in [3.63, 3.8) is 0 Å². The fourth-order valence-corrected chi connectivity index (χ4v) is 4.82. The number of halogens is 1. The van der Waals surface area contributed by atoms with Crippen LogP contribution in [-0.2, 0) is 4.79 Å². The van der Waals surface area contributed by atoms with E-state index >= 15 is 0 Å². The number of nitrogens with one attached hydrogen (secondary N) is 2. The normalized spacial score (nSPS) is 10.6. The third kappa shape index (κ3) is 4.94. The van der Waals surface area contributed by atoms with E-state index in [1.54, 1.807) is 26.4 Å². The lowest BCUT2D eigenvalue weighted by molar-refractivity contribution is -0.115. The molecule has 1 heterocycles. The maximum absolute atomic E-state index is 12.6. The molecule has 0 aliphatic rings. The van der Waals surface area contributed by atoms with E-state index in [2.05, 4.69) is 10.6 Å². The number of anilines is 1. The van der Waals surface area contributed by atoms with Crippen molar-refractivity contribution in [2.45, 2.75) is 0 Å². The summed E-state index contributed by atoms with van der Waals surface area (Å²) in [5.41, 5.74) is 2.32. The van der Waals surface area contributed by atoms with Crippen LogP contribution in [0.4, 0.5) is 5.69 Å². The molecule has 0 radical (unpaired) electrons. The molecule has 168 valence electrons. The van der Waals surface area contributed by atoms with E-state index in [4.69, 9.17) is 21.1 Å². The minimum Gasteiger partial charge on any atom is -0.497 e. The summed E-state index contributed by atoms with van der Waals surface area (Å²) in [6.07, 6.45) is 0. The van der Waals surface area contributed by atoms with Crippen molar-refractivity contribution in [1.82, 2.24) is 5.32 Å². The zero-order valence-electron chi connectivity index (χ0n) is 18.0. The van der Waals surface area contributed by atoms with E-state index in [1.165, 1.54) is 11.3 Å². The Morgan fingerprint density at radius 1 is 0.970 bits per heavy atom. The monoisotopic (exact) mass is 480 g/mol. The first-order valence-corrected chi connectivity index (χ1v) is 11.3. The summed E-state index contributed by atoms with van der Waals surface area (Å²) in [5, 5.41) is 6.67. The van der Waals surface area contributed by atoms with E-state index < -0.39 is 0 Å². The molecule has 0 bridgehead atoms. The SMILES string of the molecule is COc1ccc(-c2cc(NC(=O)CNC(=O)c3sc4ccccc4c3Cl)ccc2OC)cc1. The number of thiophene rings is 1. The fourth-order valence-electron chi connectivity index (χ4n) is 3.39. The van der Waals surface area contributed by atoms with Gasteiger partial charge >= 0.3 is 0 Å². The standard InChI is InChI=1S/C25H21ClN2O4S/c1-31-17-10-7-15(8-11-17)19-13-16(9-12-20(19)32-2)28-22(29)14-27-25(30)24-23(26)18-5-3-4-6-21(18)33-24/h3-13H,14H2,1-2H3,(H,27,30)(H,28,29). The van der Waals surface area contributed by atoms with Gasteiger partial charge in [-0.3, -0.25) is 9.59 Å². The van der Waals surface area contributed by atoms with Gasteiger partial charge in [0.1, 0.15) is 16.4 Å². The van der Waals surface area contributed by atoms with Crippen molar-refractivity contribution >= 4 is 50.5 Å². The van der Waals surface area contributed by atoms with Gasteiger partial charge < -0.3 is 20.1 Å². The molecular formula is C25H21ClN2O4S. The molecule has 0 spiro atoms. The molecule has 8 heteroatoms. The molecule has 1 aromatic heterocycles. The summed E-state index contributed by atoms with van der Waals surface area (Å²) < 4.78 is 11.6. The molecule has 0 aliphatic heterocycles. The van der Waals surface area contributed by atoms with Gasteiger partial charge in [0.2, 0.25) is 5.91 Å². The van der Waals surface area contributed by atoms with Crippen LogP contribution in [0.2, 0.25) is 5.02 Å². The Hall–Kier alpha value is -3.55. The first kappa shape index (κ1) is 22.6. The van der Waals surface area contributed by atoms with Gasteiger partial charge in [-0.1, -0.05) is 41.9 Å². The summed E-state index contributed by atoms with van der Waals surface area (Å²) in [6.45, 7) is -0.187. The molecule has 0 saturated heterocycles. The minimum absolute atomic E-state index is 0.187. The highest BCUT2D eigenvalue weighted by Gasteiger charge is 2.17. The fraction of sp³-hybridized carbons (Fsp3) is 0.120. The predicted molar refractivity (Wildman–Crippen MR) is 133 cm³/mol. The van der Waals surface area contributed by atoms with Crippen LogP contribution in [0.5, 0.6) is 11.5 Å². The highest BCUT2D eigenvalue weighted by Crippen LogP contribution is 2.35. The molecular weight excluding hydrogens is 460 g/mol. The second kappa shape index (κ2) is 9.94. The molecule has 2 N–H and O–H groups in total. The molecule has 0 saturated carbocycles. The number of amides is 2. The van der Waals surface area contributed by atoms with Crippen LogP contribution in [0.3, 0.4) is 0 Å². The van der Waals surface area contributed by atoms with Crippen LogP contribution in [0.25, 0.3) is 21.2 Å². The van der Waals surface area contributed by atoms with Crippen molar-refractivity contribution in [2.24, 2.45) is 0 Å². The van der Waals surface area contributed by atoms with E-state index in [0.717, 1.165) is 27.0 Å². The van der Waals surface area contributed by atoms with Gasteiger partial charge in [-0.25, -0.2) is 0 Å². The lowest BCUT2D eigenvalue weighted by Gasteiger charge is -2.13. The largest absolute Gasteiger partial charge is 0.497 e. The van der Waals surface area contributed by atoms with Gasteiger partial charge in [-0.15, -0.1) is 11.3 Å². The number of carbonyl (C=O) groups is 2. The topological polar surface area (TPSA) is 76.7 Å². The van der Waals surface area contributed by atoms with Crippen LogP contribution in [0.1, 0.15) is 9.67 Å². The average molecular weight is 481 g/mol. The van der Waals surface area contributed by atoms with Crippen LogP contribution >= 0.6 is 22.9 Å². The Balaban J connectivity index is 1.44. The molecule has 6 nitrogen and oxygen atoms in total. The maximum Gasteiger partial charge on any atom is 0.263 e. The quantitative estimate of drug-likeness (QED) is 0.360. The van der Waals surface area contributed by atoms with Gasteiger partial charge in [0.05, 0.1) is 25.8 Å². The summed E-state index contributed by atoms with van der Waals surface area (Å²) in [5.74, 6) is 0.680. The Bertz CT molecular complexity index is 1320. The Morgan fingerprint density at radius 2 is 1.73 bits per heavy atom. The summed E-state index contributed by atoms with van der Waals surface area (Å²) >= 11 is 7.64. The van der Waals surface area contributed by atoms with Crippen molar-refractivity contribution in [1.29, 1.82) is 0 Å². The first-order chi connectivity index (χ1) is 16.0. The number of ether oxygens (including phenoxy) is 2. The Morgan fingerprint density at radius 3 is 2.42 bits per heavy atom. The number of rotatable bonds is 7. The molecule has 0 fully saturated rings. The van der Waals surface area contributed by atoms with Crippen LogP contribution in [-0.4, -0.2) is 32.6 Å². The van der Waals surface area contributed by atoms with Crippen LogP contribution < -0.4 is 20.1 Å². The zero-order chi connectivity index (χ0) is 23.4. The van der Waals surface area contributed by atoms with Crippen molar-refractivity contribution in [3.05, 3.63) is 76.6 Å². The lowest BCUT2D eigenvalue weighted by Crippen LogP contribution is -2.32. The van der Waals surface area contributed by atoms with Gasteiger partial charge in [-0.2, -0.15) is 0 Å². The molecule has 0 unspecified atom stereocenters. The number of methoxy groups -OCH3 is 2. The predicted octanol–water partition coefficient (Wildman–Crippen LogP) is 5.61. The van der Waals surface area contributed by atoms with Gasteiger partial charge in [0.15, 0.2) is 0 Å². The highest BCUT2D eigenvalue weighted by molar-refractivity contribution is 7.21. The van der Waals surface area contributed by atoms with Crippen LogP contribution in [0.15, 0.2) is 66.7 Å². The van der Waals surface area contributed by atoms with E-state index in [0.29, 0.717) is 21.3 Å². The van der Waals surface area contributed by atoms with E-state index in [9.17, 15) is 9.59 Å². The van der Waals surface area contributed by atoms with Crippen molar-refractivity contribution in [3.8, 4) is 22.6 Å². The highest BCUT2D eigenvalue weighted by atomic mass is 35.5. The van der Waals surface area contributed by atoms with Gasteiger partial charge in [0.25, 0.3) is 5.91 Å². The number of fused-ring (bicyclic) bond motifs is 1. The second-order valence-electron chi connectivity index (χ2n) is 7.12. The van der Waals surface area contributed by atoms with Gasteiger partial charge in [0, 0.05) is 21.3 Å². The molecule has 33 heavy (non-hydrogen) atoms. The first-order valence-electron chi connectivity index (χ1n) is 10.1. The third-order valence-corrected chi connectivity index (χ3v) is 6.71. The number of hydrogen-bond donors (Lipinski definition) is 2. The molecule has 2 amide bonds. The smallest absolute Gasteiger partial charge is 0.263 e. The van der Waals surface area contributed by atoms with Crippen LogP contribution in [0, 0.1) is 0 Å². The summed E-state index contributed by atoms with van der Waals surface area (Å²) in [4.78, 5) is 25.4. The molecule has 0 atom stereocenters. The van der Waals surface area contributed by atoms with Crippen molar-refractivity contribution in [2.75, 3.05) is 26.1 Å². The number of benzene rings is 3. The number of hydrogen-bond acceptors (Lipinski definition) is 5. The van der Waals surface area contributed by atoms with E-state index in [-0.39, 0.29) is 18.4 Å². The molecule has 3 aromatic carbocycles. The molecule has 4 aromatic rings. The summed E-state index contributed by atoms with van der Waals surface area (Å²) in [6, 6.07) is 20.4. The van der Waals surface area contributed by atoms with Gasteiger partial charge in [-0.05, 0) is 42.0 Å². The maximum atomic E-state index is 12.6. The zero-order valence-corrected chi connectivity index (χ0v) is 19.5. The molecule has 0 aliphatic carbocycles. The lowest BCUT2D eigenvalue weighted by atomic mass is 10.0. The Labute approximate surface area is 200 Å². The molecule has 4 rings (SSSR count). The second-order valence-corrected chi connectivity index (χ2v) is 8.55. The number of carbonyl (C=O) groups excluding carboxylic acids is 2. The van der Waals surface area contributed by atoms with E-state index in [1.807, 2.05) is 54.6 Å². The Kier molecular flexibility index (Phi) is 6.82.